The van der Waals surface area contributed by atoms with E-state index in [4.69, 9.17) is 9.47 Å². The molecule has 0 unspecified atom stereocenters. The van der Waals surface area contributed by atoms with Gasteiger partial charge in [0, 0.05) is 0 Å². The van der Waals surface area contributed by atoms with Crippen LogP contribution in [0.15, 0.2) is 42.5 Å². The molecule has 0 saturated heterocycles. The van der Waals surface area contributed by atoms with Crippen LogP contribution >= 0.6 is 0 Å². The minimum atomic E-state index is -0.660. The molecule has 1 heterocycles. The third kappa shape index (κ3) is 3.23. The molecule has 4 nitrogen and oxygen atoms in total. The molecule has 0 aromatic heterocycles. The molecule has 126 valence electrons. The molecule has 0 fully saturated rings. The van der Waals surface area contributed by atoms with Crippen molar-refractivity contribution in [2.45, 2.75) is 45.9 Å². The number of rotatable bonds is 3. The third-order valence-corrected chi connectivity index (χ3v) is 4.36. The van der Waals surface area contributed by atoms with Gasteiger partial charge in [0.05, 0.1) is 6.04 Å². The van der Waals surface area contributed by atoms with Crippen molar-refractivity contribution in [1.29, 1.82) is 0 Å². The first-order chi connectivity index (χ1) is 11.5. The van der Waals surface area contributed by atoms with E-state index in [1.807, 2.05) is 38.1 Å². The van der Waals surface area contributed by atoms with Crippen molar-refractivity contribution in [3.63, 3.8) is 0 Å². The van der Waals surface area contributed by atoms with Crippen LogP contribution in [0.4, 0.5) is 0 Å². The SMILES string of the molecule is Cc1ccc(C)c([C@H](C)NC(=O)[C@@H]2Oc3ccccc3O[C@H]2C)c1. The number of amides is 1. The number of aryl methyl sites for hydroxylation is 2. The molecule has 1 N–H and O–H groups in total. The lowest BCUT2D eigenvalue weighted by Crippen LogP contribution is -2.49. The smallest absolute Gasteiger partial charge is 0.265 e. The van der Waals surface area contributed by atoms with Crippen LogP contribution in [-0.4, -0.2) is 18.1 Å². The molecule has 0 bridgehead atoms. The molecule has 2 aromatic rings. The first kappa shape index (κ1) is 16.4. The maximum absolute atomic E-state index is 12.7. The molecule has 1 amide bonds. The number of ether oxygens (including phenoxy) is 2. The average Bonchev–Trinajstić information content (AvgIpc) is 2.56. The molecule has 0 radical (unpaired) electrons. The molecule has 24 heavy (non-hydrogen) atoms. The zero-order valence-electron chi connectivity index (χ0n) is 14.5. The van der Waals surface area contributed by atoms with Crippen LogP contribution in [0.25, 0.3) is 0 Å². The number of fused-ring (bicyclic) bond motifs is 1. The molecule has 1 aliphatic heterocycles. The topological polar surface area (TPSA) is 47.6 Å². The van der Waals surface area contributed by atoms with Gasteiger partial charge in [0.25, 0.3) is 5.91 Å². The second-order valence-corrected chi connectivity index (χ2v) is 6.40. The van der Waals surface area contributed by atoms with Crippen molar-refractivity contribution in [1.82, 2.24) is 5.32 Å². The maximum atomic E-state index is 12.7. The van der Waals surface area contributed by atoms with E-state index in [-0.39, 0.29) is 18.1 Å². The predicted molar refractivity (Wildman–Crippen MR) is 93.4 cm³/mol. The van der Waals surface area contributed by atoms with Crippen molar-refractivity contribution >= 4 is 5.91 Å². The highest BCUT2D eigenvalue weighted by Crippen LogP contribution is 2.33. The van der Waals surface area contributed by atoms with Crippen LogP contribution in [0.2, 0.25) is 0 Å². The van der Waals surface area contributed by atoms with Crippen molar-refractivity contribution < 1.29 is 14.3 Å². The van der Waals surface area contributed by atoms with E-state index in [0.717, 1.165) is 11.1 Å². The van der Waals surface area contributed by atoms with E-state index in [2.05, 4.69) is 37.4 Å². The molecule has 1 aliphatic rings. The summed E-state index contributed by atoms with van der Waals surface area (Å²) in [5, 5.41) is 3.05. The van der Waals surface area contributed by atoms with Gasteiger partial charge >= 0.3 is 0 Å². The average molecular weight is 325 g/mol. The number of carbonyl (C=O) groups is 1. The fourth-order valence-corrected chi connectivity index (χ4v) is 3.01. The Morgan fingerprint density at radius 1 is 1.08 bits per heavy atom. The minimum absolute atomic E-state index is 0.0922. The van der Waals surface area contributed by atoms with Gasteiger partial charge in [-0.05, 0) is 51.0 Å². The fourth-order valence-electron chi connectivity index (χ4n) is 3.01. The lowest BCUT2D eigenvalue weighted by Gasteiger charge is -2.32. The molecule has 0 saturated carbocycles. The Bertz CT molecular complexity index is 756. The summed E-state index contributed by atoms with van der Waals surface area (Å²) in [6.45, 7) is 7.94. The summed E-state index contributed by atoms with van der Waals surface area (Å²) in [4.78, 5) is 12.7. The Labute approximate surface area is 142 Å². The van der Waals surface area contributed by atoms with E-state index in [1.165, 1.54) is 5.56 Å². The Kier molecular flexibility index (Phi) is 4.47. The number of hydrogen-bond donors (Lipinski definition) is 1. The van der Waals surface area contributed by atoms with Gasteiger partial charge in [-0.3, -0.25) is 4.79 Å². The summed E-state index contributed by atoms with van der Waals surface area (Å²) in [7, 11) is 0. The second kappa shape index (κ2) is 6.56. The maximum Gasteiger partial charge on any atom is 0.265 e. The number of para-hydroxylation sites is 2. The first-order valence-corrected chi connectivity index (χ1v) is 8.25. The number of nitrogens with one attached hydrogen (secondary N) is 1. The van der Waals surface area contributed by atoms with Crippen LogP contribution in [0, 0.1) is 13.8 Å². The molecule has 3 atom stereocenters. The first-order valence-electron chi connectivity index (χ1n) is 8.25. The van der Waals surface area contributed by atoms with Gasteiger partial charge in [0.1, 0.15) is 6.10 Å². The molecular formula is C20H23NO3. The minimum Gasteiger partial charge on any atom is -0.482 e. The van der Waals surface area contributed by atoms with Crippen LogP contribution in [0.5, 0.6) is 11.5 Å². The van der Waals surface area contributed by atoms with Gasteiger partial charge in [-0.2, -0.15) is 0 Å². The molecule has 2 aromatic carbocycles. The van der Waals surface area contributed by atoms with Crippen molar-refractivity contribution in [2.75, 3.05) is 0 Å². The van der Waals surface area contributed by atoms with Gasteiger partial charge < -0.3 is 14.8 Å². The molecule has 3 rings (SSSR count). The summed E-state index contributed by atoms with van der Waals surface area (Å²) in [5.41, 5.74) is 3.46. The largest absolute Gasteiger partial charge is 0.482 e. The quantitative estimate of drug-likeness (QED) is 0.936. The van der Waals surface area contributed by atoms with Gasteiger partial charge in [0.15, 0.2) is 11.5 Å². The number of benzene rings is 2. The highest BCUT2D eigenvalue weighted by Gasteiger charge is 2.34. The lowest BCUT2D eigenvalue weighted by atomic mass is 9.99. The zero-order valence-corrected chi connectivity index (χ0v) is 14.5. The second-order valence-electron chi connectivity index (χ2n) is 6.40. The van der Waals surface area contributed by atoms with E-state index in [9.17, 15) is 4.79 Å². The van der Waals surface area contributed by atoms with Crippen molar-refractivity contribution in [3.8, 4) is 11.5 Å². The van der Waals surface area contributed by atoms with Gasteiger partial charge in [-0.1, -0.05) is 35.9 Å². The summed E-state index contributed by atoms with van der Waals surface area (Å²) in [5.74, 6) is 1.12. The molecule has 4 heteroatoms. The van der Waals surface area contributed by atoms with Crippen molar-refractivity contribution in [3.05, 3.63) is 59.2 Å². The Hall–Kier alpha value is -2.49. The number of carbonyl (C=O) groups excluding carboxylic acids is 1. The van der Waals surface area contributed by atoms with Gasteiger partial charge in [0.2, 0.25) is 6.10 Å². The van der Waals surface area contributed by atoms with E-state index in [1.54, 1.807) is 0 Å². The predicted octanol–water partition coefficient (Wildman–Crippen LogP) is 3.71. The number of hydrogen-bond acceptors (Lipinski definition) is 3. The van der Waals surface area contributed by atoms with Crippen molar-refractivity contribution in [2.24, 2.45) is 0 Å². The monoisotopic (exact) mass is 325 g/mol. The van der Waals surface area contributed by atoms with Crippen LogP contribution in [-0.2, 0) is 4.79 Å². The van der Waals surface area contributed by atoms with Crippen LogP contribution in [0.3, 0.4) is 0 Å². The summed E-state index contributed by atoms with van der Waals surface area (Å²) < 4.78 is 11.7. The zero-order chi connectivity index (χ0) is 17.3. The lowest BCUT2D eigenvalue weighted by molar-refractivity contribution is -0.134. The summed E-state index contributed by atoms with van der Waals surface area (Å²) >= 11 is 0. The Balaban J connectivity index is 1.74. The molecule has 0 aliphatic carbocycles. The molecular weight excluding hydrogens is 302 g/mol. The fraction of sp³-hybridized carbons (Fsp3) is 0.350. The standard InChI is InChI=1S/C20H23NO3/c1-12-9-10-13(2)16(11-12)14(3)21-20(22)19-15(4)23-17-7-5-6-8-18(17)24-19/h5-11,14-15,19H,1-4H3,(H,21,22)/t14-,15-,19+/m0/s1. The highest BCUT2D eigenvalue weighted by molar-refractivity contribution is 5.82. The summed E-state index contributed by atoms with van der Waals surface area (Å²) in [6, 6.07) is 13.6. The van der Waals surface area contributed by atoms with Crippen LogP contribution < -0.4 is 14.8 Å². The van der Waals surface area contributed by atoms with Crippen LogP contribution in [0.1, 0.15) is 36.6 Å². The normalized spacial score (nSPS) is 20.3. The summed E-state index contributed by atoms with van der Waals surface area (Å²) in [6.07, 6.45) is -1.00. The third-order valence-electron chi connectivity index (χ3n) is 4.36. The van der Waals surface area contributed by atoms with Gasteiger partial charge in [-0.25, -0.2) is 0 Å². The van der Waals surface area contributed by atoms with E-state index in [0.29, 0.717) is 11.5 Å². The Morgan fingerprint density at radius 2 is 1.75 bits per heavy atom. The van der Waals surface area contributed by atoms with Gasteiger partial charge in [-0.15, -0.1) is 0 Å². The Morgan fingerprint density at radius 3 is 2.46 bits per heavy atom. The highest BCUT2D eigenvalue weighted by atomic mass is 16.6. The van der Waals surface area contributed by atoms with E-state index >= 15 is 0 Å². The molecule has 0 spiro atoms. The van der Waals surface area contributed by atoms with E-state index < -0.39 is 6.10 Å².